The fourth-order valence-electron chi connectivity index (χ4n) is 1.57. The smallest absolute Gasteiger partial charge is 0.240 e. The Balaban J connectivity index is 2.11. The molecule has 1 heterocycles. The standard InChI is InChI=1S/C13H14ClN3O3S/c1-20-13-5-2-9(7-16-13)8-17-21(18,19)10-3-4-12(15)11(14)6-10/h2-7,17H,8,15H2,1H3. The van der Waals surface area contributed by atoms with Gasteiger partial charge in [-0.15, -0.1) is 0 Å². The van der Waals surface area contributed by atoms with Gasteiger partial charge in [-0.3, -0.25) is 0 Å². The number of benzene rings is 1. The highest BCUT2D eigenvalue weighted by Gasteiger charge is 2.15. The number of methoxy groups -OCH3 is 1. The summed E-state index contributed by atoms with van der Waals surface area (Å²) >= 11 is 5.83. The molecule has 0 unspecified atom stereocenters. The van der Waals surface area contributed by atoms with Crippen LogP contribution in [0.1, 0.15) is 5.56 Å². The van der Waals surface area contributed by atoms with Gasteiger partial charge in [-0.05, 0) is 23.8 Å². The van der Waals surface area contributed by atoms with Crippen LogP contribution >= 0.6 is 11.6 Å². The van der Waals surface area contributed by atoms with Crippen LogP contribution in [0.5, 0.6) is 5.88 Å². The third-order valence-electron chi connectivity index (χ3n) is 2.76. The molecule has 0 amide bonds. The van der Waals surface area contributed by atoms with Gasteiger partial charge in [-0.25, -0.2) is 18.1 Å². The van der Waals surface area contributed by atoms with Crippen molar-refractivity contribution < 1.29 is 13.2 Å². The molecule has 0 fully saturated rings. The van der Waals surface area contributed by atoms with Crippen LogP contribution in [-0.4, -0.2) is 20.5 Å². The first kappa shape index (κ1) is 15.6. The minimum absolute atomic E-state index is 0.0585. The molecule has 1 aromatic heterocycles. The molecule has 3 N–H and O–H groups in total. The molecule has 0 spiro atoms. The summed E-state index contributed by atoms with van der Waals surface area (Å²) in [5.74, 6) is 0.465. The van der Waals surface area contributed by atoms with Crippen molar-refractivity contribution in [2.75, 3.05) is 12.8 Å². The number of rotatable bonds is 5. The number of nitrogen functional groups attached to an aromatic ring is 1. The topological polar surface area (TPSA) is 94.3 Å². The summed E-state index contributed by atoms with van der Waals surface area (Å²) in [5, 5.41) is 0.198. The molecule has 0 saturated carbocycles. The van der Waals surface area contributed by atoms with E-state index in [1.54, 1.807) is 12.1 Å². The zero-order valence-corrected chi connectivity index (χ0v) is 12.8. The van der Waals surface area contributed by atoms with Crippen molar-refractivity contribution in [1.82, 2.24) is 9.71 Å². The molecule has 8 heteroatoms. The number of aromatic nitrogens is 1. The zero-order valence-electron chi connectivity index (χ0n) is 11.2. The number of hydrogen-bond donors (Lipinski definition) is 2. The van der Waals surface area contributed by atoms with Crippen molar-refractivity contribution in [3.63, 3.8) is 0 Å². The van der Waals surface area contributed by atoms with Crippen LogP contribution in [0.15, 0.2) is 41.4 Å². The van der Waals surface area contributed by atoms with Crippen LogP contribution in [0.25, 0.3) is 0 Å². The van der Waals surface area contributed by atoms with E-state index >= 15 is 0 Å². The summed E-state index contributed by atoms with van der Waals surface area (Å²) < 4.78 is 31.7. The van der Waals surface area contributed by atoms with Crippen LogP contribution < -0.4 is 15.2 Å². The quantitative estimate of drug-likeness (QED) is 0.817. The number of anilines is 1. The van der Waals surface area contributed by atoms with Gasteiger partial charge in [0.2, 0.25) is 15.9 Å². The molecule has 0 atom stereocenters. The van der Waals surface area contributed by atoms with E-state index in [0.717, 1.165) is 0 Å². The van der Waals surface area contributed by atoms with E-state index in [4.69, 9.17) is 22.1 Å². The monoisotopic (exact) mass is 327 g/mol. The van der Waals surface area contributed by atoms with E-state index in [1.165, 1.54) is 31.5 Å². The molecule has 2 aromatic rings. The number of hydrogen-bond acceptors (Lipinski definition) is 5. The van der Waals surface area contributed by atoms with E-state index in [2.05, 4.69) is 9.71 Å². The maximum Gasteiger partial charge on any atom is 0.240 e. The first-order valence-electron chi connectivity index (χ1n) is 5.96. The van der Waals surface area contributed by atoms with Crippen LogP contribution in [0, 0.1) is 0 Å². The molecule has 0 radical (unpaired) electrons. The first-order valence-corrected chi connectivity index (χ1v) is 7.82. The van der Waals surface area contributed by atoms with Gasteiger partial charge < -0.3 is 10.5 Å². The number of halogens is 1. The largest absolute Gasteiger partial charge is 0.481 e. The van der Waals surface area contributed by atoms with E-state index in [1.807, 2.05) is 0 Å². The molecule has 21 heavy (non-hydrogen) atoms. The molecule has 0 aliphatic rings. The molecular formula is C13H14ClN3O3S. The van der Waals surface area contributed by atoms with Gasteiger partial charge in [0.15, 0.2) is 0 Å². The van der Waals surface area contributed by atoms with E-state index < -0.39 is 10.0 Å². The van der Waals surface area contributed by atoms with Gasteiger partial charge in [0.25, 0.3) is 0 Å². The molecule has 112 valence electrons. The minimum Gasteiger partial charge on any atom is -0.481 e. The average molecular weight is 328 g/mol. The summed E-state index contributed by atoms with van der Waals surface area (Å²) in [5.41, 5.74) is 6.59. The highest BCUT2D eigenvalue weighted by atomic mass is 35.5. The lowest BCUT2D eigenvalue weighted by molar-refractivity contribution is 0.397. The van der Waals surface area contributed by atoms with Gasteiger partial charge in [-0.1, -0.05) is 17.7 Å². The van der Waals surface area contributed by atoms with E-state index in [0.29, 0.717) is 17.1 Å². The lowest BCUT2D eigenvalue weighted by Crippen LogP contribution is -2.23. The summed E-state index contributed by atoms with van der Waals surface area (Å²) in [4.78, 5) is 4.06. The number of nitrogens with zero attached hydrogens (tertiary/aromatic N) is 1. The summed E-state index contributed by atoms with van der Waals surface area (Å²) in [6, 6.07) is 7.54. The van der Waals surface area contributed by atoms with Crippen LogP contribution in [0.3, 0.4) is 0 Å². The van der Waals surface area contributed by atoms with Gasteiger partial charge in [0, 0.05) is 18.8 Å². The maximum absolute atomic E-state index is 12.1. The molecular weight excluding hydrogens is 314 g/mol. The lowest BCUT2D eigenvalue weighted by Gasteiger charge is -2.08. The highest BCUT2D eigenvalue weighted by Crippen LogP contribution is 2.22. The Morgan fingerprint density at radius 1 is 1.33 bits per heavy atom. The Kier molecular flexibility index (Phi) is 4.66. The molecule has 1 aromatic carbocycles. The normalized spacial score (nSPS) is 11.3. The summed E-state index contributed by atoms with van der Waals surface area (Å²) in [6.07, 6.45) is 1.54. The molecule has 6 nitrogen and oxygen atoms in total. The summed E-state index contributed by atoms with van der Waals surface area (Å²) in [6.45, 7) is 0.112. The maximum atomic E-state index is 12.1. The second-order valence-electron chi connectivity index (χ2n) is 4.22. The molecule has 0 aliphatic heterocycles. The molecule has 0 aliphatic carbocycles. The Morgan fingerprint density at radius 3 is 2.67 bits per heavy atom. The zero-order chi connectivity index (χ0) is 15.5. The van der Waals surface area contributed by atoms with Gasteiger partial charge in [0.1, 0.15) is 0 Å². The Bertz CT molecular complexity index is 733. The third kappa shape index (κ3) is 3.84. The van der Waals surface area contributed by atoms with E-state index in [9.17, 15) is 8.42 Å². The van der Waals surface area contributed by atoms with Crippen LogP contribution in [-0.2, 0) is 16.6 Å². The second-order valence-corrected chi connectivity index (χ2v) is 6.39. The van der Waals surface area contributed by atoms with Gasteiger partial charge in [-0.2, -0.15) is 0 Å². The van der Waals surface area contributed by atoms with Crippen LogP contribution in [0.4, 0.5) is 5.69 Å². The van der Waals surface area contributed by atoms with Crippen molar-refractivity contribution in [1.29, 1.82) is 0 Å². The Labute approximate surface area is 128 Å². The van der Waals surface area contributed by atoms with E-state index in [-0.39, 0.29) is 16.5 Å². The summed E-state index contributed by atoms with van der Waals surface area (Å²) in [7, 11) is -2.15. The van der Waals surface area contributed by atoms with Gasteiger partial charge >= 0.3 is 0 Å². The van der Waals surface area contributed by atoms with Crippen molar-refractivity contribution in [2.45, 2.75) is 11.4 Å². The average Bonchev–Trinajstić information content (AvgIpc) is 2.48. The molecule has 0 saturated heterocycles. The number of ether oxygens (including phenoxy) is 1. The van der Waals surface area contributed by atoms with Crippen LogP contribution in [0.2, 0.25) is 5.02 Å². The third-order valence-corrected chi connectivity index (χ3v) is 4.48. The van der Waals surface area contributed by atoms with Crippen molar-refractivity contribution in [3.05, 3.63) is 47.1 Å². The number of nitrogens with two attached hydrogens (primary N) is 1. The first-order chi connectivity index (χ1) is 9.92. The highest BCUT2D eigenvalue weighted by molar-refractivity contribution is 7.89. The second kappa shape index (κ2) is 6.30. The lowest BCUT2D eigenvalue weighted by atomic mass is 10.3. The van der Waals surface area contributed by atoms with Crippen molar-refractivity contribution >= 4 is 27.3 Å². The molecule has 2 rings (SSSR count). The van der Waals surface area contributed by atoms with Crippen molar-refractivity contribution in [2.24, 2.45) is 0 Å². The fraction of sp³-hybridized carbons (Fsp3) is 0.154. The SMILES string of the molecule is COc1ccc(CNS(=O)(=O)c2ccc(N)c(Cl)c2)cn1. The Morgan fingerprint density at radius 2 is 2.10 bits per heavy atom. The number of nitrogens with one attached hydrogen (secondary N) is 1. The van der Waals surface area contributed by atoms with Gasteiger partial charge in [0.05, 0.1) is 22.7 Å². The predicted molar refractivity (Wildman–Crippen MR) is 80.7 cm³/mol. The number of pyridine rings is 1. The fourth-order valence-corrected chi connectivity index (χ4v) is 2.86. The molecule has 0 bridgehead atoms. The van der Waals surface area contributed by atoms with Crippen molar-refractivity contribution in [3.8, 4) is 5.88 Å². The minimum atomic E-state index is -3.66. The number of sulfonamides is 1. The predicted octanol–water partition coefficient (Wildman–Crippen LogP) is 1.80. The Hall–Kier alpha value is -1.83.